The second-order valence-corrected chi connectivity index (χ2v) is 4.65. The molecular formula is C13H16ClFO2. The van der Waals surface area contributed by atoms with Crippen molar-refractivity contribution in [3.63, 3.8) is 0 Å². The highest BCUT2D eigenvalue weighted by Gasteiger charge is 2.27. The van der Waals surface area contributed by atoms with Crippen LogP contribution in [-0.2, 0) is 4.79 Å². The Bertz CT molecular complexity index is 406. The van der Waals surface area contributed by atoms with E-state index in [0.717, 1.165) is 18.9 Å². The lowest BCUT2D eigenvalue weighted by atomic mass is 9.84. The zero-order valence-electron chi connectivity index (χ0n) is 9.91. The van der Waals surface area contributed by atoms with Crippen molar-refractivity contribution in [1.29, 1.82) is 0 Å². The van der Waals surface area contributed by atoms with Crippen LogP contribution in [0, 0.1) is 11.7 Å². The zero-order chi connectivity index (χ0) is 13.0. The third kappa shape index (κ3) is 3.43. The third-order valence-electron chi connectivity index (χ3n) is 2.88. The molecule has 0 saturated heterocycles. The Morgan fingerprint density at radius 3 is 2.65 bits per heavy atom. The molecule has 0 amide bonds. The molecule has 94 valence electrons. The van der Waals surface area contributed by atoms with Gasteiger partial charge in [-0.05, 0) is 30.0 Å². The number of benzene rings is 1. The highest BCUT2D eigenvalue weighted by Crippen LogP contribution is 2.33. The first-order valence-electron chi connectivity index (χ1n) is 5.65. The number of hydrogen-bond acceptors (Lipinski definition) is 1. The summed E-state index contributed by atoms with van der Waals surface area (Å²) in [5.74, 6) is -2.07. The van der Waals surface area contributed by atoms with E-state index in [0.29, 0.717) is 5.56 Å². The van der Waals surface area contributed by atoms with Crippen molar-refractivity contribution in [2.75, 3.05) is 0 Å². The van der Waals surface area contributed by atoms with E-state index in [1.807, 2.05) is 13.8 Å². The van der Waals surface area contributed by atoms with Gasteiger partial charge < -0.3 is 5.11 Å². The summed E-state index contributed by atoms with van der Waals surface area (Å²) in [5.41, 5.74) is 0.488. The minimum atomic E-state index is -0.917. The van der Waals surface area contributed by atoms with Gasteiger partial charge in [-0.3, -0.25) is 4.79 Å². The summed E-state index contributed by atoms with van der Waals surface area (Å²) in [5, 5.41) is 9.45. The number of aliphatic carboxylic acids is 1. The lowest BCUT2D eigenvalue weighted by Crippen LogP contribution is -2.20. The van der Waals surface area contributed by atoms with Crippen LogP contribution < -0.4 is 0 Å². The minimum absolute atomic E-state index is 0.0274. The van der Waals surface area contributed by atoms with Crippen molar-refractivity contribution < 1.29 is 14.3 Å². The molecule has 2 nitrogen and oxygen atoms in total. The Morgan fingerprint density at radius 1 is 1.53 bits per heavy atom. The van der Waals surface area contributed by atoms with E-state index in [-0.39, 0.29) is 10.9 Å². The molecule has 0 bridgehead atoms. The molecule has 0 heterocycles. The molecule has 4 heteroatoms. The van der Waals surface area contributed by atoms with Gasteiger partial charge in [0.2, 0.25) is 0 Å². The van der Waals surface area contributed by atoms with E-state index in [4.69, 9.17) is 11.6 Å². The van der Waals surface area contributed by atoms with Gasteiger partial charge in [0.1, 0.15) is 5.82 Å². The van der Waals surface area contributed by atoms with Gasteiger partial charge in [-0.15, -0.1) is 0 Å². The van der Waals surface area contributed by atoms with Gasteiger partial charge in [-0.1, -0.05) is 37.9 Å². The average molecular weight is 259 g/mol. The first kappa shape index (κ1) is 14.0. The van der Waals surface area contributed by atoms with Gasteiger partial charge in [0.05, 0.1) is 5.92 Å². The quantitative estimate of drug-likeness (QED) is 0.864. The van der Waals surface area contributed by atoms with Crippen LogP contribution in [0.1, 0.15) is 38.2 Å². The van der Waals surface area contributed by atoms with Crippen LogP contribution in [0.4, 0.5) is 4.39 Å². The predicted octanol–water partition coefficient (Wildman–Crippen LogP) is 4.08. The van der Waals surface area contributed by atoms with Crippen molar-refractivity contribution in [2.24, 2.45) is 5.92 Å². The number of carbonyl (C=O) groups is 1. The van der Waals surface area contributed by atoms with Gasteiger partial charge in [-0.25, -0.2) is 4.39 Å². The van der Waals surface area contributed by atoms with E-state index in [2.05, 4.69) is 0 Å². The zero-order valence-corrected chi connectivity index (χ0v) is 10.7. The van der Waals surface area contributed by atoms with Crippen LogP contribution in [0.2, 0.25) is 5.02 Å². The highest BCUT2D eigenvalue weighted by atomic mass is 35.5. The first-order chi connectivity index (χ1) is 7.97. The molecule has 0 aliphatic heterocycles. The Labute approximate surface area is 105 Å². The van der Waals surface area contributed by atoms with Crippen molar-refractivity contribution in [2.45, 2.75) is 32.6 Å². The molecule has 2 unspecified atom stereocenters. The predicted molar refractivity (Wildman–Crippen MR) is 65.9 cm³/mol. The maximum Gasteiger partial charge on any atom is 0.311 e. The topological polar surface area (TPSA) is 37.3 Å². The Hall–Kier alpha value is -1.09. The van der Waals surface area contributed by atoms with E-state index >= 15 is 0 Å². The van der Waals surface area contributed by atoms with Crippen LogP contribution in [0.3, 0.4) is 0 Å². The van der Waals surface area contributed by atoms with Crippen molar-refractivity contribution in [3.05, 3.63) is 34.6 Å². The number of carboxylic acids is 1. The summed E-state index contributed by atoms with van der Waals surface area (Å²) in [4.78, 5) is 11.3. The monoisotopic (exact) mass is 258 g/mol. The molecule has 1 rings (SSSR count). The molecule has 1 N–H and O–H groups in total. The largest absolute Gasteiger partial charge is 0.481 e. The molecule has 2 atom stereocenters. The number of halogens is 2. The minimum Gasteiger partial charge on any atom is -0.481 e. The van der Waals surface area contributed by atoms with Crippen LogP contribution in [0.5, 0.6) is 0 Å². The Kier molecular flexibility index (Phi) is 4.94. The Balaban J connectivity index is 3.09. The molecular weight excluding hydrogens is 243 g/mol. The fourth-order valence-corrected chi connectivity index (χ4v) is 2.34. The van der Waals surface area contributed by atoms with Crippen LogP contribution >= 0.6 is 11.6 Å². The summed E-state index contributed by atoms with van der Waals surface area (Å²) < 4.78 is 12.9. The summed E-state index contributed by atoms with van der Waals surface area (Å²) >= 11 is 5.91. The van der Waals surface area contributed by atoms with Gasteiger partial charge >= 0.3 is 5.97 Å². The molecule has 0 fully saturated rings. The summed E-state index contributed by atoms with van der Waals surface area (Å²) in [6.45, 7) is 3.88. The van der Waals surface area contributed by atoms with Crippen molar-refractivity contribution in [3.8, 4) is 0 Å². The molecule has 17 heavy (non-hydrogen) atoms. The van der Waals surface area contributed by atoms with Crippen molar-refractivity contribution >= 4 is 17.6 Å². The molecule has 0 spiro atoms. The fraction of sp³-hybridized carbons (Fsp3) is 0.462. The number of hydrogen-bond donors (Lipinski definition) is 1. The standard InChI is InChI=1S/C13H16ClFO2/c1-3-4-8(2)12(13(16)17)10-6-5-9(15)7-11(10)14/h5-8,12H,3-4H2,1-2H3,(H,16,17). The van der Waals surface area contributed by atoms with Crippen LogP contribution in [0.15, 0.2) is 18.2 Å². The number of rotatable bonds is 5. The summed E-state index contributed by atoms with van der Waals surface area (Å²) in [6.07, 6.45) is 1.70. The molecule has 1 aromatic carbocycles. The summed E-state index contributed by atoms with van der Waals surface area (Å²) in [7, 11) is 0. The summed E-state index contributed by atoms with van der Waals surface area (Å²) in [6, 6.07) is 3.87. The Morgan fingerprint density at radius 2 is 2.18 bits per heavy atom. The molecule has 1 aromatic rings. The second-order valence-electron chi connectivity index (χ2n) is 4.25. The molecule has 0 saturated carbocycles. The molecule has 0 aliphatic carbocycles. The smallest absolute Gasteiger partial charge is 0.311 e. The second kappa shape index (κ2) is 6.01. The molecule has 0 radical (unpaired) electrons. The molecule has 0 aromatic heterocycles. The van der Waals surface area contributed by atoms with Crippen molar-refractivity contribution in [1.82, 2.24) is 0 Å². The van der Waals surface area contributed by atoms with Gasteiger partial charge in [0.15, 0.2) is 0 Å². The fourth-order valence-electron chi connectivity index (χ4n) is 2.06. The number of carboxylic acid groups (broad SMARTS) is 1. The molecule has 0 aliphatic rings. The van der Waals surface area contributed by atoms with Crippen LogP contribution in [0.25, 0.3) is 0 Å². The van der Waals surface area contributed by atoms with Gasteiger partial charge in [0.25, 0.3) is 0 Å². The van der Waals surface area contributed by atoms with Gasteiger partial charge in [-0.2, -0.15) is 0 Å². The van der Waals surface area contributed by atoms with Gasteiger partial charge in [0, 0.05) is 5.02 Å². The normalized spacial score (nSPS) is 14.4. The van der Waals surface area contributed by atoms with E-state index in [1.54, 1.807) is 0 Å². The average Bonchev–Trinajstić information content (AvgIpc) is 2.21. The third-order valence-corrected chi connectivity index (χ3v) is 3.20. The van der Waals surface area contributed by atoms with E-state index in [9.17, 15) is 14.3 Å². The SMILES string of the molecule is CCCC(C)C(C(=O)O)c1ccc(F)cc1Cl. The highest BCUT2D eigenvalue weighted by molar-refractivity contribution is 6.31. The van der Waals surface area contributed by atoms with E-state index in [1.165, 1.54) is 12.1 Å². The van der Waals surface area contributed by atoms with E-state index < -0.39 is 17.7 Å². The maximum absolute atomic E-state index is 12.9. The lowest BCUT2D eigenvalue weighted by molar-refractivity contribution is -0.140. The first-order valence-corrected chi connectivity index (χ1v) is 6.03. The van der Waals surface area contributed by atoms with Crippen LogP contribution in [-0.4, -0.2) is 11.1 Å². The lowest BCUT2D eigenvalue weighted by Gasteiger charge is -2.21. The maximum atomic E-state index is 12.9.